The zero-order valence-electron chi connectivity index (χ0n) is 49.8. The summed E-state index contributed by atoms with van der Waals surface area (Å²) in [5.74, 6) is -1.19. The van der Waals surface area contributed by atoms with E-state index in [1.807, 2.05) is 6.08 Å². The first-order valence-electron chi connectivity index (χ1n) is 32.4. The van der Waals surface area contributed by atoms with Gasteiger partial charge in [-0.25, -0.2) is 0 Å². The number of hydrogen-bond acceptors (Lipinski definition) is 10. The maximum atomic E-state index is 13.4. The molecule has 1 amide bonds. The van der Waals surface area contributed by atoms with E-state index in [4.69, 9.17) is 14.2 Å². The van der Waals surface area contributed by atoms with Crippen LogP contribution in [-0.4, -0.2) is 99.6 Å². The Labute approximate surface area is 472 Å². The Balaban J connectivity index is 2.61. The summed E-state index contributed by atoms with van der Waals surface area (Å²) in [5.41, 5.74) is 0. The van der Waals surface area contributed by atoms with Gasteiger partial charge in [-0.05, 0) is 83.5 Å². The van der Waals surface area contributed by atoms with Crippen LogP contribution in [0.2, 0.25) is 0 Å². The number of rotatable bonds is 55. The topological polar surface area (TPSA) is 175 Å². The third-order valence-electron chi connectivity index (χ3n) is 15.2. The second kappa shape index (κ2) is 54.2. The zero-order chi connectivity index (χ0) is 56.1. The molecule has 450 valence electrons. The van der Waals surface area contributed by atoms with Gasteiger partial charge in [0.15, 0.2) is 12.4 Å². The van der Waals surface area contributed by atoms with Crippen molar-refractivity contribution in [2.45, 2.75) is 346 Å². The van der Waals surface area contributed by atoms with Gasteiger partial charge in [-0.2, -0.15) is 0 Å². The summed E-state index contributed by atoms with van der Waals surface area (Å²) in [6.07, 6.45) is 55.8. The molecular formula is C66H121NO10. The van der Waals surface area contributed by atoms with Crippen LogP contribution in [0.1, 0.15) is 297 Å². The van der Waals surface area contributed by atoms with E-state index in [2.05, 4.69) is 62.5 Å². The predicted octanol–water partition coefficient (Wildman–Crippen LogP) is 15.6. The van der Waals surface area contributed by atoms with Gasteiger partial charge in [0.1, 0.15) is 24.4 Å². The summed E-state index contributed by atoms with van der Waals surface area (Å²) in [7, 11) is 0. The van der Waals surface area contributed by atoms with Crippen LogP contribution in [0, 0.1) is 0 Å². The van der Waals surface area contributed by atoms with Gasteiger partial charge in [0.25, 0.3) is 0 Å². The van der Waals surface area contributed by atoms with E-state index >= 15 is 0 Å². The molecule has 8 unspecified atom stereocenters. The van der Waals surface area contributed by atoms with E-state index in [0.29, 0.717) is 19.3 Å². The highest BCUT2D eigenvalue weighted by molar-refractivity contribution is 5.80. The van der Waals surface area contributed by atoms with Gasteiger partial charge < -0.3 is 45.1 Å². The van der Waals surface area contributed by atoms with Crippen molar-refractivity contribution in [1.29, 1.82) is 0 Å². The molecule has 77 heavy (non-hydrogen) atoms. The minimum Gasteiger partial charge on any atom is -0.454 e. The number of amides is 1. The summed E-state index contributed by atoms with van der Waals surface area (Å²) in [6.45, 7) is 5.76. The van der Waals surface area contributed by atoms with Crippen LogP contribution in [0.15, 0.2) is 48.6 Å². The van der Waals surface area contributed by atoms with Gasteiger partial charge >= 0.3 is 5.97 Å². The number of ether oxygens (including phenoxy) is 3. The number of aliphatic hydroxyl groups excluding tert-OH is 5. The Morgan fingerprint density at radius 3 is 1.38 bits per heavy atom. The molecule has 0 bridgehead atoms. The molecule has 0 radical (unpaired) electrons. The van der Waals surface area contributed by atoms with E-state index in [-0.39, 0.29) is 13.0 Å². The van der Waals surface area contributed by atoms with E-state index in [1.165, 1.54) is 173 Å². The van der Waals surface area contributed by atoms with Crippen LogP contribution < -0.4 is 5.32 Å². The highest BCUT2D eigenvalue weighted by atomic mass is 16.7. The normalized spacial score (nSPS) is 19.3. The molecule has 8 atom stereocenters. The number of aliphatic hydroxyl groups is 5. The molecular weight excluding hydrogens is 967 g/mol. The molecule has 1 heterocycles. The first kappa shape index (κ1) is 72.6. The van der Waals surface area contributed by atoms with Crippen LogP contribution >= 0.6 is 0 Å². The molecule has 0 aromatic heterocycles. The second-order valence-corrected chi connectivity index (χ2v) is 22.5. The monoisotopic (exact) mass is 1090 g/mol. The van der Waals surface area contributed by atoms with Crippen molar-refractivity contribution in [3.05, 3.63) is 48.6 Å². The summed E-state index contributed by atoms with van der Waals surface area (Å²) in [5, 5.41) is 57.0. The van der Waals surface area contributed by atoms with Gasteiger partial charge in [0.05, 0.1) is 25.4 Å². The minimum atomic E-state index is -1.61. The Hall–Kier alpha value is -2.38. The van der Waals surface area contributed by atoms with Crippen LogP contribution in [0.5, 0.6) is 0 Å². The third-order valence-corrected chi connectivity index (χ3v) is 15.2. The lowest BCUT2D eigenvalue weighted by Crippen LogP contribution is -2.61. The Morgan fingerprint density at radius 2 is 0.896 bits per heavy atom. The van der Waals surface area contributed by atoms with Crippen molar-refractivity contribution in [2.75, 3.05) is 13.2 Å². The Bertz CT molecular complexity index is 1440. The molecule has 1 fully saturated rings. The Kier molecular flexibility index (Phi) is 51.1. The highest BCUT2D eigenvalue weighted by Crippen LogP contribution is 2.26. The average Bonchev–Trinajstić information content (AvgIpc) is 3.43. The lowest BCUT2D eigenvalue weighted by atomic mass is 9.99. The molecule has 0 spiro atoms. The largest absolute Gasteiger partial charge is 0.454 e. The second-order valence-electron chi connectivity index (χ2n) is 22.5. The van der Waals surface area contributed by atoms with Crippen molar-refractivity contribution in [1.82, 2.24) is 5.32 Å². The smallest absolute Gasteiger partial charge is 0.306 e. The summed E-state index contributed by atoms with van der Waals surface area (Å²) in [6, 6.07) is -1.02. The van der Waals surface area contributed by atoms with Crippen molar-refractivity contribution < 1.29 is 49.3 Å². The van der Waals surface area contributed by atoms with Crippen LogP contribution in [0.4, 0.5) is 0 Å². The number of carbonyl (C=O) groups is 2. The standard InChI is InChI=1S/C66H121NO10/c1-4-7-10-13-16-19-22-24-26-27-28-29-30-31-32-34-35-38-41-44-47-50-53-59(70)65(74)67-57(58(69)52-49-46-43-40-37-21-18-15-12-9-6-3)56-75-66-64(63(73)62(72)60(55-68)76-66)77-61(71)54-51-48-45-42-39-36-33-25-23-20-17-14-11-8-5-2/h16,19-20,23-24,26,49,52,57-60,62-64,66,68-70,72-73H,4-15,17-18,21-22,25,27-48,50-51,53-56H2,1-3H3,(H,67,74)/b19-16-,23-20-,26-24-,52-49+. The van der Waals surface area contributed by atoms with E-state index in [9.17, 15) is 35.1 Å². The SMILES string of the molecule is CCCCC/C=C\C/C=C\CCCCCCCCCCCCCCC(O)C(=O)NC(COC1OC(CO)C(O)C(O)C1OC(=O)CCCCCCCCC/C=C\CCCCCC)C(O)/C=C/CCCCCCCCCCC. The fourth-order valence-electron chi connectivity index (χ4n) is 10.0. The number of esters is 1. The molecule has 11 nitrogen and oxygen atoms in total. The van der Waals surface area contributed by atoms with Crippen molar-refractivity contribution in [3.8, 4) is 0 Å². The number of allylic oxidation sites excluding steroid dienone is 7. The van der Waals surface area contributed by atoms with Gasteiger partial charge in [-0.15, -0.1) is 0 Å². The quantitative estimate of drug-likeness (QED) is 0.0195. The molecule has 6 N–H and O–H groups in total. The summed E-state index contributed by atoms with van der Waals surface area (Å²) in [4.78, 5) is 26.5. The third kappa shape index (κ3) is 42.2. The number of hydrogen-bond donors (Lipinski definition) is 6. The first-order chi connectivity index (χ1) is 37.7. The molecule has 1 saturated heterocycles. The molecule has 0 aromatic carbocycles. The van der Waals surface area contributed by atoms with Crippen molar-refractivity contribution in [3.63, 3.8) is 0 Å². The first-order valence-corrected chi connectivity index (χ1v) is 32.4. The van der Waals surface area contributed by atoms with Crippen LogP contribution in [-0.2, 0) is 23.8 Å². The van der Waals surface area contributed by atoms with Crippen LogP contribution in [0.25, 0.3) is 0 Å². The average molecular weight is 1090 g/mol. The molecule has 0 aromatic rings. The highest BCUT2D eigenvalue weighted by Gasteiger charge is 2.47. The molecule has 1 aliphatic heterocycles. The fourth-order valence-corrected chi connectivity index (χ4v) is 10.0. The fraction of sp³-hybridized carbons (Fsp3) is 0.848. The zero-order valence-corrected chi connectivity index (χ0v) is 49.8. The molecule has 1 rings (SSSR count). The van der Waals surface area contributed by atoms with E-state index in [0.717, 1.165) is 77.0 Å². The van der Waals surface area contributed by atoms with Gasteiger partial charge in [0.2, 0.25) is 5.91 Å². The predicted molar refractivity (Wildman–Crippen MR) is 320 cm³/mol. The molecule has 11 heteroatoms. The number of unbranched alkanes of at least 4 members (excludes halogenated alkanes) is 35. The number of carbonyl (C=O) groups excluding carboxylic acids is 2. The van der Waals surface area contributed by atoms with E-state index < -0.39 is 67.4 Å². The van der Waals surface area contributed by atoms with Crippen LogP contribution in [0.3, 0.4) is 0 Å². The van der Waals surface area contributed by atoms with E-state index in [1.54, 1.807) is 6.08 Å². The van der Waals surface area contributed by atoms with Crippen molar-refractivity contribution in [2.24, 2.45) is 0 Å². The lowest BCUT2D eigenvalue weighted by molar-refractivity contribution is -0.305. The maximum Gasteiger partial charge on any atom is 0.306 e. The maximum absolute atomic E-state index is 13.4. The Morgan fingerprint density at radius 1 is 0.506 bits per heavy atom. The molecule has 1 aliphatic rings. The summed E-state index contributed by atoms with van der Waals surface area (Å²) >= 11 is 0. The molecule has 0 aliphatic carbocycles. The van der Waals surface area contributed by atoms with Gasteiger partial charge in [-0.1, -0.05) is 256 Å². The van der Waals surface area contributed by atoms with Gasteiger partial charge in [0, 0.05) is 6.42 Å². The lowest BCUT2D eigenvalue weighted by Gasteiger charge is -2.41. The van der Waals surface area contributed by atoms with Gasteiger partial charge in [-0.3, -0.25) is 9.59 Å². The van der Waals surface area contributed by atoms with Crippen molar-refractivity contribution >= 4 is 11.9 Å². The minimum absolute atomic E-state index is 0.120. The number of nitrogens with one attached hydrogen (secondary N) is 1. The molecule has 0 saturated carbocycles. The summed E-state index contributed by atoms with van der Waals surface area (Å²) < 4.78 is 17.6.